The number of rotatable bonds is 4. The van der Waals surface area contributed by atoms with Crippen molar-refractivity contribution in [3.05, 3.63) is 71.8 Å². The molecule has 0 saturated heterocycles. The molecule has 0 heterocycles. The summed E-state index contributed by atoms with van der Waals surface area (Å²) in [6, 6.07) is 17.5. The molecule has 0 aromatic heterocycles. The van der Waals surface area contributed by atoms with E-state index in [4.69, 9.17) is 0 Å². The second kappa shape index (κ2) is 14.1. The first-order chi connectivity index (χ1) is 11.8. The van der Waals surface area contributed by atoms with Crippen LogP contribution >= 0.6 is 25.3 Å². The Morgan fingerprint density at radius 3 is 1.20 bits per heavy atom. The summed E-state index contributed by atoms with van der Waals surface area (Å²) in [5.74, 6) is -2.33. The van der Waals surface area contributed by atoms with Gasteiger partial charge in [-0.2, -0.15) is 25.3 Å². The van der Waals surface area contributed by atoms with Crippen LogP contribution in [0, 0.1) is 0 Å². The fourth-order valence-corrected chi connectivity index (χ4v) is 1.89. The zero-order valence-corrected chi connectivity index (χ0v) is 18.6. The van der Waals surface area contributed by atoms with Gasteiger partial charge in [-0.3, -0.25) is 0 Å². The van der Waals surface area contributed by atoms with Gasteiger partial charge in [-0.05, 0) is 11.1 Å². The third-order valence-electron chi connectivity index (χ3n) is 2.68. The molecular formula is C18H20O4S2Sn. The molecule has 0 amide bonds. The standard InChI is InChI=1S/2C8H8O2S.2CH3.Sn/c2*9-8(10)7(11)6-4-2-1-3-5-6;;;/h2*1-5,7,11H,(H,9,10);2*1H3;/q;;;;+2/p-2. The van der Waals surface area contributed by atoms with E-state index < -0.39 is 22.4 Å². The summed E-state index contributed by atoms with van der Waals surface area (Å²) in [5.41, 5.74) is 1.30. The number of hydrogen-bond acceptors (Lipinski definition) is 6. The summed E-state index contributed by atoms with van der Waals surface area (Å²) in [4.78, 5) is 25.2. The van der Waals surface area contributed by atoms with Gasteiger partial charge in [-0.1, -0.05) is 60.7 Å². The molecule has 4 nitrogen and oxygen atoms in total. The quantitative estimate of drug-likeness (QED) is 0.512. The minimum atomic E-state index is -1.17. The topological polar surface area (TPSA) is 80.3 Å². The average Bonchev–Trinajstić information content (AvgIpc) is 2.63. The molecule has 0 radical (unpaired) electrons. The predicted octanol–water partition coefficient (Wildman–Crippen LogP) is 1.60. The van der Waals surface area contributed by atoms with E-state index in [1.807, 2.05) is 12.1 Å². The van der Waals surface area contributed by atoms with Gasteiger partial charge in [0.15, 0.2) is 0 Å². The molecule has 132 valence electrons. The monoisotopic (exact) mass is 484 g/mol. The Morgan fingerprint density at radius 1 is 0.760 bits per heavy atom. The Labute approximate surface area is 169 Å². The molecule has 2 aromatic rings. The number of carbonyl (C=O) groups excluding carboxylic acids is 2. The number of thiol groups is 2. The van der Waals surface area contributed by atoms with E-state index in [2.05, 4.69) is 35.1 Å². The molecule has 0 aliphatic carbocycles. The third kappa shape index (κ3) is 10.5. The molecule has 0 bridgehead atoms. The van der Waals surface area contributed by atoms with Crippen molar-refractivity contribution >= 4 is 58.3 Å². The van der Waals surface area contributed by atoms with Gasteiger partial charge >= 0.3 is 31.0 Å². The summed E-state index contributed by atoms with van der Waals surface area (Å²) in [6.45, 7) is 0. The Bertz CT molecular complexity index is 568. The van der Waals surface area contributed by atoms with Crippen molar-refractivity contribution in [2.75, 3.05) is 0 Å². The molecule has 0 saturated carbocycles. The van der Waals surface area contributed by atoms with Crippen LogP contribution in [-0.2, 0) is 9.59 Å². The van der Waals surface area contributed by atoms with Gasteiger partial charge in [0, 0.05) is 0 Å². The van der Waals surface area contributed by atoms with Crippen LogP contribution < -0.4 is 10.2 Å². The number of carbonyl (C=O) groups is 2. The minimum absolute atomic E-state index is 0.230. The van der Waals surface area contributed by atoms with E-state index in [1.165, 1.54) is 0 Å². The van der Waals surface area contributed by atoms with Crippen LogP contribution in [0.15, 0.2) is 60.7 Å². The van der Waals surface area contributed by atoms with Gasteiger partial charge in [-0.15, -0.1) is 0 Å². The first-order valence-electron chi connectivity index (χ1n) is 7.31. The molecule has 2 rings (SSSR count). The van der Waals surface area contributed by atoms with Crippen LogP contribution in [0.1, 0.15) is 21.6 Å². The zero-order valence-electron chi connectivity index (χ0n) is 14.0. The first kappa shape index (κ1) is 23.9. The van der Waals surface area contributed by atoms with Crippen molar-refractivity contribution in [1.82, 2.24) is 0 Å². The number of carboxylic acids is 2. The molecular weight excluding hydrogens is 463 g/mol. The van der Waals surface area contributed by atoms with Crippen molar-refractivity contribution in [2.45, 2.75) is 20.4 Å². The van der Waals surface area contributed by atoms with E-state index in [0.717, 1.165) is 0 Å². The summed E-state index contributed by atoms with van der Waals surface area (Å²) in [7, 11) is 0. The molecule has 7 heteroatoms. The van der Waals surface area contributed by atoms with Gasteiger partial charge < -0.3 is 19.8 Å². The van der Waals surface area contributed by atoms with Crippen molar-refractivity contribution in [3.8, 4) is 0 Å². The van der Waals surface area contributed by atoms with Crippen LogP contribution in [0.25, 0.3) is 0 Å². The molecule has 0 aliphatic heterocycles. The van der Waals surface area contributed by atoms with E-state index in [9.17, 15) is 19.8 Å². The Morgan fingerprint density at radius 2 is 1.00 bits per heavy atom. The van der Waals surface area contributed by atoms with Crippen LogP contribution in [0.3, 0.4) is 0 Å². The summed E-state index contributed by atoms with van der Waals surface area (Å²) >= 11 is 7.93. The molecule has 0 N–H and O–H groups in total. The molecule has 2 atom stereocenters. The van der Waals surface area contributed by atoms with Gasteiger partial charge in [0.1, 0.15) is 0 Å². The number of aliphatic carboxylic acids is 2. The van der Waals surface area contributed by atoms with Crippen molar-refractivity contribution < 1.29 is 19.8 Å². The van der Waals surface area contributed by atoms with Gasteiger partial charge in [0.2, 0.25) is 0 Å². The van der Waals surface area contributed by atoms with Crippen LogP contribution in [0.2, 0.25) is 9.88 Å². The molecule has 0 spiro atoms. The normalized spacial score (nSPS) is 11.4. The molecule has 0 fully saturated rings. The van der Waals surface area contributed by atoms with Gasteiger partial charge in [0.25, 0.3) is 0 Å². The predicted molar refractivity (Wildman–Crippen MR) is 104 cm³/mol. The second-order valence-electron chi connectivity index (χ2n) is 4.76. The van der Waals surface area contributed by atoms with E-state index in [0.29, 0.717) is 11.1 Å². The van der Waals surface area contributed by atoms with Crippen LogP contribution in [0.4, 0.5) is 0 Å². The van der Waals surface area contributed by atoms with Crippen molar-refractivity contribution in [2.24, 2.45) is 0 Å². The SMILES string of the molecule is O=C([O-])C(S)c1ccccc1.O=C([O-])C(S)c1ccccc1.[CH3][Sn+2][CH3]. The molecule has 2 unspecified atom stereocenters. The van der Waals surface area contributed by atoms with E-state index in [-0.39, 0.29) is 21.1 Å². The average molecular weight is 483 g/mol. The second-order valence-corrected chi connectivity index (χ2v) is 8.65. The fraction of sp³-hybridized carbons (Fsp3) is 0.222. The Balaban J connectivity index is 0.000000399. The summed E-state index contributed by atoms with van der Waals surface area (Å²) in [6.07, 6.45) is 0. The maximum absolute atomic E-state index is 10.3. The number of benzene rings is 2. The van der Waals surface area contributed by atoms with Gasteiger partial charge in [0.05, 0.1) is 22.4 Å². The number of hydrogen-bond donors (Lipinski definition) is 2. The Kier molecular flexibility index (Phi) is 13.5. The van der Waals surface area contributed by atoms with Crippen LogP contribution in [0.5, 0.6) is 0 Å². The molecule has 25 heavy (non-hydrogen) atoms. The number of carboxylic acid groups (broad SMARTS) is 2. The Hall–Kier alpha value is -1.12. The molecule has 2 aromatic carbocycles. The van der Waals surface area contributed by atoms with Crippen molar-refractivity contribution in [1.29, 1.82) is 0 Å². The van der Waals surface area contributed by atoms with E-state index in [1.54, 1.807) is 48.5 Å². The fourth-order valence-electron chi connectivity index (χ4n) is 1.54. The van der Waals surface area contributed by atoms with Gasteiger partial charge in [-0.25, -0.2) is 0 Å². The van der Waals surface area contributed by atoms with E-state index >= 15 is 0 Å². The van der Waals surface area contributed by atoms with Crippen molar-refractivity contribution in [3.63, 3.8) is 0 Å². The first-order valence-corrected chi connectivity index (χ1v) is 14.0. The zero-order chi connectivity index (χ0) is 19.2. The van der Waals surface area contributed by atoms with Crippen LogP contribution in [-0.4, -0.2) is 33.1 Å². The third-order valence-corrected chi connectivity index (χ3v) is 3.70. The summed E-state index contributed by atoms with van der Waals surface area (Å²) < 4.78 is 0. The maximum atomic E-state index is 10.3. The molecule has 0 aliphatic rings. The summed E-state index contributed by atoms with van der Waals surface area (Å²) in [5, 5.41) is 19.0.